The van der Waals surface area contributed by atoms with Gasteiger partial charge in [-0.2, -0.15) is 0 Å². The molecular formula is C33H37ClF2N2O6. The van der Waals surface area contributed by atoms with Gasteiger partial charge < -0.3 is 28.4 Å². The molecule has 1 aromatic heterocycles. The number of hydrogen-bond acceptors (Lipinski definition) is 6. The molecule has 236 valence electrons. The van der Waals surface area contributed by atoms with Crippen molar-refractivity contribution in [2.24, 2.45) is 5.92 Å². The molecule has 1 saturated heterocycles. The number of carbonyl (C=O) groups excluding carboxylic acids is 2. The van der Waals surface area contributed by atoms with Gasteiger partial charge in [0.15, 0.2) is 11.5 Å². The second-order valence-corrected chi connectivity index (χ2v) is 11.4. The first-order chi connectivity index (χ1) is 21.2. The zero-order valence-corrected chi connectivity index (χ0v) is 25.8. The number of rotatable bonds is 10. The molecule has 2 aliphatic heterocycles. The van der Waals surface area contributed by atoms with E-state index >= 15 is 0 Å². The third-order valence-electron chi connectivity index (χ3n) is 8.37. The lowest BCUT2D eigenvalue weighted by Gasteiger charge is -2.32. The molecule has 0 spiro atoms. The minimum Gasteiger partial charge on any atom is -0.493 e. The van der Waals surface area contributed by atoms with Crippen molar-refractivity contribution < 1.29 is 37.3 Å². The zero-order chi connectivity index (χ0) is 31.4. The van der Waals surface area contributed by atoms with Gasteiger partial charge in [-0.15, -0.1) is 0 Å². The molecule has 44 heavy (non-hydrogen) atoms. The van der Waals surface area contributed by atoms with Gasteiger partial charge in [0, 0.05) is 42.1 Å². The summed E-state index contributed by atoms with van der Waals surface area (Å²) in [4.78, 5) is 27.1. The third-order valence-corrected chi connectivity index (χ3v) is 8.61. The van der Waals surface area contributed by atoms with E-state index in [0.717, 1.165) is 12.8 Å². The Morgan fingerprint density at radius 1 is 1.05 bits per heavy atom. The Hall–Kier alpha value is -3.63. The first-order valence-electron chi connectivity index (χ1n) is 14.8. The number of esters is 1. The first-order valence-corrected chi connectivity index (χ1v) is 15.2. The summed E-state index contributed by atoms with van der Waals surface area (Å²) in [6.45, 7) is 3.23. The highest BCUT2D eigenvalue weighted by atomic mass is 35.5. The molecule has 3 aromatic rings. The van der Waals surface area contributed by atoms with E-state index in [1.54, 1.807) is 42.2 Å². The Balaban J connectivity index is 1.44. The highest BCUT2D eigenvalue weighted by molar-refractivity contribution is 6.30. The van der Waals surface area contributed by atoms with Crippen molar-refractivity contribution in [1.29, 1.82) is 0 Å². The molecule has 5 rings (SSSR count). The average molecular weight is 631 g/mol. The lowest BCUT2D eigenvalue weighted by atomic mass is 9.93. The maximum Gasteiger partial charge on any atom is 0.306 e. The van der Waals surface area contributed by atoms with Gasteiger partial charge in [0.1, 0.15) is 6.10 Å². The van der Waals surface area contributed by atoms with Crippen molar-refractivity contribution in [2.45, 2.75) is 57.7 Å². The number of halogens is 3. The molecule has 0 N–H and O–H groups in total. The van der Waals surface area contributed by atoms with Crippen LogP contribution in [0, 0.1) is 5.92 Å². The number of fused-ring (bicyclic) bond motifs is 3. The van der Waals surface area contributed by atoms with Crippen LogP contribution in [0.5, 0.6) is 11.5 Å². The zero-order valence-electron chi connectivity index (χ0n) is 25.1. The van der Waals surface area contributed by atoms with Crippen molar-refractivity contribution in [3.8, 4) is 17.2 Å². The van der Waals surface area contributed by atoms with Gasteiger partial charge >= 0.3 is 5.97 Å². The summed E-state index contributed by atoms with van der Waals surface area (Å²) < 4.78 is 53.4. The van der Waals surface area contributed by atoms with E-state index in [4.69, 9.17) is 30.5 Å². The lowest BCUT2D eigenvalue weighted by molar-refractivity contribution is -0.144. The number of methoxy groups -OCH3 is 2. The number of carbonyl (C=O) groups is 2. The number of para-hydroxylation sites is 1. The van der Waals surface area contributed by atoms with Crippen molar-refractivity contribution >= 4 is 23.5 Å². The van der Waals surface area contributed by atoms with E-state index in [1.165, 1.54) is 24.9 Å². The topological polar surface area (TPSA) is 79.2 Å². The second-order valence-electron chi connectivity index (χ2n) is 11.0. The molecule has 1 amide bonds. The SMILES string of the molecule is CCOC(=O)CC1CCN(C(=O)CC[C@H]2O[C@H](c3cccc(OC)c3OC)c3cc(Cl)ccc3-n3c(C(F)F)ccc32)CC1. The smallest absolute Gasteiger partial charge is 0.306 e. The van der Waals surface area contributed by atoms with E-state index in [2.05, 4.69) is 0 Å². The van der Waals surface area contributed by atoms with Crippen molar-refractivity contribution in [1.82, 2.24) is 9.47 Å². The predicted octanol–water partition coefficient (Wildman–Crippen LogP) is 7.22. The first kappa shape index (κ1) is 31.8. The quantitative estimate of drug-likeness (QED) is 0.220. The molecule has 0 aliphatic carbocycles. The van der Waals surface area contributed by atoms with Crippen LogP contribution in [0.4, 0.5) is 8.78 Å². The summed E-state index contributed by atoms with van der Waals surface area (Å²) in [6, 6.07) is 13.5. The number of amides is 1. The highest BCUT2D eigenvalue weighted by Crippen LogP contribution is 2.48. The van der Waals surface area contributed by atoms with E-state index in [-0.39, 0.29) is 36.3 Å². The van der Waals surface area contributed by atoms with Gasteiger partial charge in [-0.05, 0) is 68.5 Å². The molecule has 2 aliphatic rings. The van der Waals surface area contributed by atoms with Crippen LogP contribution in [-0.2, 0) is 19.1 Å². The molecule has 0 saturated carbocycles. The molecule has 11 heteroatoms. The fourth-order valence-corrected chi connectivity index (χ4v) is 6.43. The van der Waals surface area contributed by atoms with E-state index in [0.29, 0.717) is 65.1 Å². The average Bonchev–Trinajstić information content (AvgIpc) is 3.41. The van der Waals surface area contributed by atoms with Gasteiger partial charge in [-0.1, -0.05) is 23.7 Å². The summed E-state index contributed by atoms with van der Waals surface area (Å²) >= 11 is 6.45. The summed E-state index contributed by atoms with van der Waals surface area (Å²) in [5, 5.41) is 0.423. The number of ether oxygens (including phenoxy) is 4. The summed E-state index contributed by atoms with van der Waals surface area (Å²) in [5.74, 6) is 0.872. The van der Waals surface area contributed by atoms with Crippen LogP contribution in [0.2, 0.25) is 5.02 Å². The number of hydrogen-bond donors (Lipinski definition) is 0. The highest BCUT2D eigenvalue weighted by Gasteiger charge is 2.36. The maximum atomic E-state index is 14.4. The molecule has 8 nitrogen and oxygen atoms in total. The fraction of sp³-hybridized carbons (Fsp3) is 0.455. The monoisotopic (exact) mass is 630 g/mol. The number of piperidine rings is 1. The maximum absolute atomic E-state index is 14.4. The molecule has 0 bridgehead atoms. The van der Waals surface area contributed by atoms with Gasteiger partial charge in [0.05, 0.1) is 44.0 Å². The second kappa shape index (κ2) is 14.0. The van der Waals surface area contributed by atoms with Crippen LogP contribution < -0.4 is 9.47 Å². The van der Waals surface area contributed by atoms with E-state index in [1.807, 2.05) is 12.1 Å². The summed E-state index contributed by atoms with van der Waals surface area (Å²) in [6.07, 6.45) is -2.00. The van der Waals surface area contributed by atoms with Gasteiger partial charge in [-0.3, -0.25) is 9.59 Å². The number of benzene rings is 2. The lowest BCUT2D eigenvalue weighted by Crippen LogP contribution is -2.39. The van der Waals surface area contributed by atoms with E-state index in [9.17, 15) is 18.4 Å². The van der Waals surface area contributed by atoms with Crippen LogP contribution in [-0.4, -0.2) is 55.3 Å². The number of likely N-dealkylation sites (tertiary alicyclic amines) is 1. The van der Waals surface area contributed by atoms with Crippen LogP contribution in [0.15, 0.2) is 48.5 Å². The minimum atomic E-state index is -2.74. The fourth-order valence-electron chi connectivity index (χ4n) is 6.25. The summed E-state index contributed by atoms with van der Waals surface area (Å²) in [5.41, 5.74) is 2.08. The van der Waals surface area contributed by atoms with Crippen LogP contribution in [0.1, 0.15) is 80.2 Å². The van der Waals surface area contributed by atoms with Gasteiger partial charge in [-0.25, -0.2) is 8.78 Å². The van der Waals surface area contributed by atoms with Crippen LogP contribution in [0.25, 0.3) is 5.69 Å². The molecule has 3 heterocycles. The van der Waals surface area contributed by atoms with Crippen molar-refractivity contribution in [3.63, 3.8) is 0 Å². The third kappa shape index (κ3) is 6.56. The Morgan fingerprint density at radius 2 is 1.82 bits per heavy atom. The summed E-state index contributed by atoms with van der Waals surface area (Å²) in [7, 11) is 3.07. The van der Waals surface area contributed by atoms with Crippen molar-refractivity contribution in [3.05, 3.63) is 76.1 Å². The van der Waals surface area contributed by atoms with E-state index < -0.39 is 18.6 Å². The number of aromatic nitrogens is 1. The number of nitrogens with zero attached hydrogens (tertiary/aromatic N) is 2. The molecule has 2 aromatic carbocycles. The molecule has 1 fully saturated rings. The standard InChI is InChI=1S/C33H37ClF2N2O6/c1-4-43-30(40)18-20-14-16-37(17-15-20)29(39)13-12-27-25-10-11-26(33(35)36)38(25)24-9-8-21(34)19-23(24)31(44-27)22-6-5-7-28(41-2)32(22)42-3/h5-11,19-20,27,31,33H,4,12-18H2,1-3H3/t27-,31-/m1/s1. The normalized spacial score (nSPS) is 18.4. The van der Waals surface area contributed by atoms with Crippen LogP contribution >= 0.6 is 11.6 Å². The van der Waals surface area contributed by atoms with Gasteiger partial charge in [0.2, 0.25) is 5.91 Å². The largest absolute Gasteiger partial charge is 0.493 e. The Morgan fingerprint density at radius 3 is 2.50 bits per heavy atom. The molecular weight excluding hydrogens is 594 g/mol. The number of alkyl halides is 2. The Labute approximate surface area is 260 Å². The Bertz CT molecular complexity index is 1490. The predicted molar refractivity (Wildman–Crippen MR) is 161 cm³/mol. The van der Waals surface area contributed by atoms with Crippen LogP contribution in [0.3, 0.4) is 0 Å². The minimum absolute atomic E-state index is 0.0457. The molecule has 2 atom stereocenters. The molecule has 0 unspecified atom stereocenters. The van der Waals surface area contributed by atoms with Crippen molar-refractivity contribution in [2.75, 3.05) is 33.9 Å². The van der Waals surface area contributed by atoms with Gasteiger partial charge in [0.25, 0.3) is 6.43 Å². The molecule has 0 radical (unpaired) electrons. The Kier molecular flexibility index (Phi) is 10.1.